The number of nitrogens with one attached hydrogen (secondary N) is 2. The van der Waals surface area contributed by atoms with Crippen molar-refractivity contribution in [1.29, 1.82) is 0 Å². The van der Waals surface area contributed by atoms with E-state index in [4.69, 9.17) is 4.74 Å². The number of phenols is 2. The molecular formula is C25H28N2O5. The van der Waals surface area contributed by atoms with E-state index in [2.05, 4.69) is 10.6 Å². The van der Waals surface area contributed by atoms with Gasteiger partial charge in [-0.2, -0.15) is 0 Å². The Kier molecular flexibility index (Phi) is 7.70. The van der Waals surface area contributed by atoms with Gasteiger partial charge < -0.3 is 30.7 Å². The number of rotatable bonds is 9. The maximum atomic E-state index is 12.5. The van der Waals surface area contributed by atoms with Crippen LogP contribution < -0.4 is 15.4 Å². The lowest BCUT2D eigenvalue weighted by molar-refractivity contribution is 0.102. The van der Waals surface area contributed by atoms with Crippen LogP contribution in [0.2, 0.25) is 0 Å². The number of amides is 1. The molecule has 0 aliphatic heterocycles. The normalized spacial score (nSPS) is 12.7. The molecule has 7 nitrogen and oxygen atoms in total. The topological polar surface area (TPSA) is 111 Å². The molecular weight excluding hydrogens is 408 g/mol. The van der Waals surface area contributed by atoms with Gasteiger partial charge in [0.1, 0.15) is 17.2 Å². The molecule has 0 saturated carbocycles. The van der Waals surface area contributed by atoms with Gasteiger partial charge in [0.15, 0.2) is 0 Å². The Morgan fingerprint density at radius 2 is 1.69 bits per heavy atom. The van der Waals surface area contributed by atoms with Gasteiger partial charge in [-0.15, -0.1) is 0 Å². The van der Waals surface area contributed by atoms with Crippen molar-refractivity contribution in [2.75, 3.05) is 19.0 Å². The Balaban J connectivity index is 1.61. The summed E-state index contributed by atoms with van der Waals surface area (Å²) in [6.07, 6.45) is -0.0946. The molecule has 2 atom stereocenters. The third-order valence-corrected chi connectivity index (χ3v) is 5.25. The third kappa shape index (κ3) is 6.00. The van der Waals surface area contributed by atoms with Crippen molar-refractivity contribution in [2.24, 2.45) is 0 Å². The molecule has 0 aromatic heterocycles. The van der Waals surface area contributed by atoms with Gasteiger partial charge in [-0.1, -0.05) is 18.2 Å². The fraction of sp³-hybridized carbons (Fsp3) is 0.240. The van der Waals surface area contributed by atoms with Gasteiger partial charge in [0.25, 0.3) is 5.91 Å². The summed E-state index contributed by atoms with van der Waals surface area (Å²) in [5.41, 5.74) is 2.28. The molecule has 2 unspecified atom stereocenters. The van der Waals surface area contributed by atoms with Gasteiger partial charge in [-0.25, -0.2) is 0 Å². The molecule has 7 heteroatoms. The van der Waals surface area contributed by atoms with E-state index in [-0.39, 0.29) is 29.1 Å². The number of hydrogen-bond acceptors (Lipinski definition) is 6. The summed E-state index contributed by atoms with van der Waals surface area (Å²) in [4.78, 5) is 12.5. The molecule has 0 radical (unpaired) electrons. The Morgan fingerprint density at radius 3 is 2.34 bits per heavy atom. The summed E-state index contributed by atoms with van der Waals surface area (Å²) >= 11 is 0. The molecule has 0 bridgehead atoms. The van der Waals surface area contributed by atoms with Crippen molar-refractivity contribution < 1.29 is 24.9 Å². The van der Waals surface area contributed by atoms with Crippen LogP contribution in [-0.2, 0) is 6.42 Å². The Hall–Kier alpha value is -3.55. The Labute approximate surface area is 187 Å². The molecule has 0 fully saturated rings. The zero-order chi connectivity index (χ0) is 23.1. The molecule has 32 heavy (non-hydrogen) atoms. The first-order valence-electron chi connectivity index (χ1n) is 10.3. The van der Waals surface area contributed by atoms with Crippen LogP contribution in [0, 0.1) is 0 Å². The van der Waals surface area contributed by atoms with Gasteiger partial charge in [0.05, 0.1) is 18.9 Å². The number of aliphatic hydroxyl groups excluding tert-OH is 1. The second kappa shape index (κ2) is 10.7. The molecule has 0 aliphatic carbocycles. The van der Waals surface area contributed by atoms with E-state index in [9.17, 15) is 20.1 Å². The van der Waals surface area contributed by atoms with Gasteiger partial charge in [0, 0.05) is 11.6 Å². The minimum absolute atomic E-state index is 0.0873. The quantitative estimate of drug-likeness (QED) is 0.328. The SMILES string of the molecule is COc1ccc(C(=O)Nc2cc(C(O)C(C)NCCc3ccc(O)cc3)ccc2O)cc1. The highest BCUT2D eigenvalue weighted by Gasteiger charge is 2.18. The summed E-state index contributed by atoms with van der Waals surface area (Å²) < 4.78 is 5.09. The molecule has 0 saturated heterocycles. The Bertz CT molecular complexity index is 1040. The highest BCUT2D eigenvalue weighted by molar-refractivity contribution is 6.05. The molecule has 3 aromatic rings. The smallest absolute Gasteiger partial charge is 0.255 e. The van der Waals surface area contributed by atoms with E-state index in [0.717, 1.165) is 12.0 Å². The van der Waals surface area contributed by atoms with Gasteiger partial charge >= 0.3 is 0 Å². The van der Waals surface area contributed by atoms with Crippen LogP contribution in [-0.4, -0.2) is 40.9 Å². The number of aromatic hydroxyl groups is 2. The average Bonchev–Trinajstić information content (AvgIpc) is 2.81. The average molecular weight is 437 g/mol. The standard InChI is InChI=1S/C25H28N2O5/c1-16(26-14-13-17-3-8-20(28)9-4-17)24(30)19-7-12-23(29)22(15-19)27-25(31)18-5-10-21(32-2)11-6-18/h3-12,15-16,24,26,28-30H,13-14H2,1-2H3,(H,27,31). The second-order valence-corrected chi connectivity index (χ2v) is 7.56. The second-order valence-electron chi connectivity index (χ2n) is 7.56. The maximum Gasteiger partial charge on any atom is 0.255 e. The van der Waals surface area contributed by atoms with Crippen LogP contribution in [0.3, 0.4) is 0 Å². The van der Waals surface area contributed by atoms with Crippen LogP contribution in [0.1, 0.15) is 34.5 Å². The third-order valence-electron chi connectivity index (χ3n) is 5.25. The zero-order valence-electron chi connectivity index (χ0n) is 18.1. The summed E-state index contributed by atoms with van der Waals surface area (Å²) in [5.74, 6) is 0.402. The number of phenolic OH excluding ortho intramolecular Hbond substituents is 2. The first-order valence-corrected chi connectivity index (χ1v) is 10.3. The number of methoxy groups -OCH3 is 1. The van der Waals surface area contributed by atoms with E-state index in [1.807, 2.05) is 19.1 Å². The number of benzene rings is 3. The van der Waals surface area contributed by atoms with Crippen molar-refractivity contribution in [3.63, 3.8) is 0 Å². The minimum atomic E-state index is -0.841. The predicted octanol–water partition coefficient (Wildman–Crippen LogP) is 3.61. The molecule has 0 spiro atoms. The number of aliphatic hydroxyl groups is 1. The molecule has 0 heterocycles. The molecule has 5 N–H and O–H groups in total. The van der Waals surface area contributed by atoms with Crippen molar-refractivity contribution in [3.05, 3.63) is 83.4 Å². The van der Waals surface area contributed by atoms with Crippen molar-refractivity contribution in [3.8, 4) is 17.2 Å². The van der Waals surface area contributed by atoms with E-state index >= 15 is 0 Å². The van der Waals surface area contributed by atoms with E-state index in [1.165, 1.54) is 6.07 Å². The molecule has 1 amide bonds. The predicted molar refractivity (Wildman–Crippen MR) is 123 cm³/mol. The summed E-state index contributed by atoms with van der Waals surface area (Å²) in [6.45, 7) is 2.51. The van der Waals surface area contributed by atoms with Crippen LogP contribution in [0.5, 0.6) is 17.2 Å². The first-order chi connectivity index (χ1) is 15.4. The van der Waals surface area contributed by atoms with Crippen molar-refractivity contribution in [1.82, 2.24) is 5.32 Å². The molecule has 3 rings (SSSR count). The van der Waals surface area contributed by atoms with E-state index in [0.29, 0.717) is 23.4 Å². The first kappa shape index (κ1) is 23.1. The molecule has 3 aromatic carbocycles. The van der Waals surface area contributed by atoms with Crippen LogP contribution >= 0.6 is 0 Å². The lowest BCUT2D eigenvalue weighted by Gasteiger charge is -2.21. The van der Waals surface area contributed by atoms with Crippen molar-refractivity contribution >= 4 is 11.6 Å². The maximum absolute atomic E-state index is 12.5. The monoisotopic (exact) mass is 436 g/mol. The summed E-state index contributed by atoms with van der Waals surface area (Å²) in [5, 5.41) is 36.2. The van der Waals surface area contributed by atoms with Crippen LogP contribution in [0.15, 0.2) is 66.7 Å². The van der Waals surface area contributed by atoms with Gasteiger partial charge in [-0.3, -0.25) is 4.79 Å². The van der Waals surface area contributed by atoms with E-state index < -0.39 is 6.10 Å². The fourth-order valence-corrected chi connectivity index (χ4v) is 3.28. The zero-order valence-corrected chi connectivity index (χ0v) is 18.1. The largest absolute Gasteiger partial charge is 0.508 e. The van der Waals surface area contributed by atoms with Gasteiger partial charge in [0.2, 0.25) is 0 Å². The fourth-order valence-electron chi connectivity index (χ4n) is 3.28. The summed E-state index contributed by atoms with van der Waals surface area (Å²) in [6, 6.07) is 18.0. The number of anilines is 1. The number of carbonyl (C=O) groups excluding carboxylic acids is 1. The van der Waals surface area contributed by atoms with Gasteiger partial charge in [-0.05, 0) is 79.5 Å². The Morgan fingerprint density at radius 1 is 1.00 bits per heavy atom. The molecule has 0 aliphatic rings. The minimum Gasteiger partial charge on any atom is -0.508 e. The van der Waals surface area contributed by atoms with Crippen LogP contribution in [0.25, 0.3) is 0 Å². The number of carbonyl (C=O) groups is 1. The van der Waals surface area contributed by atoms with Crippen molar-refractivity contribution in [2.45, 2.75) is 25.5 Å². The lowest BCUT2D eigenvalue weighted by Crippen LogP contribution is -2.33. The summed E-state index contributed by atoms with van der Waals surface area (Å²) in [7, 11) is 1.55. The number of hydrogen-bond donors (Lipinski definition) is 5. The van der Waals surface area contributed by atoms with Crippen LogP contribution in [0.4, 0.5) is 5.69 Å². The lowest BCUT2D eigenvalue weighted by atomic mass is 10.0. The van der Waals surface area contributed by atoms with E-state index in [1.54, 1.807) is 55.6 Å². The highest BCUT2D eigenvalue weighted by Crippen LogP contribution is 2.29. The highest BCUT2D eigenvalue weighted by atomic mass is 16.5. The number of ether oxygens (including phenoxy) is 1. The molecule has 168 valence electrons.